The highest BCUT2D eigenvalue weighted by atomic mass is 35.5. The van der Waals surface area contributed by atoms with Crippen molar-refractivity contribution in [2.75, 3.05) is 11.6 Å². The number of nitrogen functional groups attached to an aromatic ring is 1. The summed E-state index contributed by atoms with van der Waals surface area (Å²) in [5, 5.41) is 14.9. The van der Waals surface area contributed by atoms with Crippen molar-refractivity contribution < 1.29 is 0 Å². The van der Waals surface area contributed by atoms with Crippen molar-refractivity contribution in [2.24, 2.45) is 0 Å². The molecule has 0 atom stereocenters. The van der Waals surface area contributed by atoms with E-state index in [0.29, 0.717) is 23.6 Å². The van der Waals surface area contributed by atoms with Crippen molar-refractivity contribution in [3.05, 3.63) is 11.3 Å². The highest BCUT2D eigenvalue weighted by Gasteiger charge is 2.08. The van der Waals surface area contributed by atoms with Gasteiger partial charge in [-0.2, -0.15) is 10.4 Å². The van der Waals surface area contributed by atoms with Gasteiger partial charge in [-0.05, 0) is 0 Å². The van der Waals surface area contributed by atoms with Gasteiger partial charge < -0.3 is 5.73 Å². The highest BCUT2D eigenvalue weighted by Crippen LogP contribution is 2.11. The number of alkyl halides is 1. The van der Waals surface area contributed by atoms with Gasteiger partial charge in [0, 0.05) is 12.3 Å². The summed E-state index contributed by atoms with van der Waals surface area (Å²) in [6, 6.07) is 1.95. The fourth-order valence-electron chi connectivity index (χ4n) is 0.794. The van der Waals surface area contributed by atoms with E-state index in [2.05, 4.69) is 10.2 Å². The second-order valence-corrected chi connectivity index (χ2v) is 2.39. The third kappa shape index (κ3) is 1.44. The minimum Gasteiger partial charge on any atom is -0.381 e. The molecule has 0 unspecified atom stereocenters. The van der Waals surface area contributed by atoms with Crippen LogP contribution in [0.3, 0.4) is 0 Å². The molecule has 0 radical (unpaired) electrons. The van der Waals surface area contributed by atoms with E-state index in [-0.39, 0.29) is 5.82 Å². The Bertz CT molecular complexity index is 285. The summed E-state index contributed by atoms with van der Waals surface area (Å²) in [4.78, 5) is 0. The van der Waals surface area contributed by atoms with Gasteiger partial charge in [0.25, 0.3) is 0 Å². The zero-order valence-corrected chi connectivity index (χ0v) is 6.52. The van der Waals surface area contributed by atoms with Crippen molar-refractivity contribution in [1.29, 1.82) is 5.26 Å². The summed E-state index contributed by atoms with van der Waals surface area (Å²) in [6.45, 7) is 0. The number of anilines is 1. The molecular formula is C6H7ClN4. The maximum atomic E-state index is 8.58. The Morgan fingerprint density at radius 3 is 3.00 bits per heavy atom. The number of nitriles is 1. The molecule has 0 saturated heterocycles. The van der Waals surface area contributed by atoms with Crippen LogP contribution in [0.4, 0.5) is 5.82 Å². The van der Waals surface area contributed by atoms with Gasteiger partial charge in [0.05, 0.1) is 5.69 Å². The first-order chi connectivity index (χ1) is 5.29. The molecule has 1 rings (SSSR count). The minimum atomic E-state index is 0.243. The summed E-state index contributed by atoms with van der Waals surface area (Å²) in [7, 11) is 0. The first kappa shape index (κ1) is 7.89. The molecule has 0 aromatic carbocycles. The first-order valence-corrected chi connectivity index (χ1v) is 3.61. The molecule has 0 saturated carbocycles. The van der Waals surface area contributed by atoms with E-state index in [0.717, 1.165) is 0 Å². The van der Waals surface area contributed by atoms with Crippen molar-refractivity contribution in [3.63, 3.8) is 0 Å². The second kappa shape index (κ2) is 3.26. The molecule has 1 aromatic heterocycles. The van der Waals surface area contributed by atoms with Crippen LogP contribution in [0.1, 0.15) is 11.3 Å². The Kier molecular flexibility index (Phi) is 2.34. The predicted octanol–water partition coefficient (Wildman–Crippen LogP) is 0.645. The maximum absolute atomic E-state index is 8.58. The van der Waals surface area contributed by atoms with Gasteiger partial charge in [0.2, 0.25) is 0 Å². The number of rotatable bonds is 2. The molecule has 0 aliphatic heterocycles. The molecule has 1 heterocycles. The zero-order valence-electron chi connectivity index (χ0n) is 5.76. The molecule has 0 bridgehead atoms. The summed E-state index contributed by atoms with van der Waals surface area (Å²) in [5.74, 6) is 0.698. The van der Waals surface area contributed by atoms with Crippen LogP contribution in [0.15, 0.2) is 0 Å². The quantitative estimate of drug-likeness (QED) is 0.640. The molecule has 4 nitrogen and oxygen atoms in total. The van der Waals surface area contributed by atoms with E-state index >= 15 is 0 Å². The van der Waals surface area contributed by atoms with Crippen LogP contribution >= 0.6 is 11.6 Å². The summed E-state index contributed by atoms with van der Waals surface area (Å²) >= 11 is 5.48. The molecule has 0 fully saturated rings. The molecule has 5 heteroatoms. The van der Waals surface area contributed by atoms with E-state index in [1.807, 2.05) is 6.07 Å². The summed E-state index contributed by atoms with van der Waals surface area (Å²) in [6.07, 6.45) is 0.592. The second-order valence-electron chi connectivity index (χ2n) is 2.01. The van der Waals surface area contributed by atoms with E-state index < -0.39 is 0 Å². The number of nitrogens with zero attached hydrogens (tertiary/aromatic N) is 2. The smallest absolute Gasteiger partial charge is 0.163 e. The monoisotopic (exact) mass is 170 g/mol. The van der Waals surface area contributed by atoms with Gasteiger partial charge in [0.15, 0.2) is 5.82 Å². The minimum absolute atomic E-state index is 0.243. The number of hydrogen-bond acceptors (Lipinski definition) is 3. The summed E-state index contributed by atoms with van der Waals surface area (Å²) in [5.41, 5.74) is 6.49. The van der Waals surface area contributed by atoms with Gasteiger partial charge in [-0.25, -0.2) is 0 Å². The van der Waals surface area contributed by atoms with Crippen LogP contribution in [0.5, 0.6) is 0 Å². The van der Waals surface area contributed by atoms with Crippen molar-refractivity contribution in [1.82, 2.24) is 10.2 Å². The predicted molar refractivity (Wildman–Crippen MR) is 42.1 cm³/mol. The number of halogens is 1. The molecular weight excluding hydrogens is 164 g/mol. The Morgan fingerprint density at radius 1 is 1.73 bits per heavy atom. The van der Waals surface area contributed by atoms with E-state index in [4.69, 9.17) is 22.6 Å². The lowest BCUT2D eigenvalue weighted by Crippen LogP contribution is -1.91. The van der Waals surface area contributed by atoms with Crippen molar-refractivity contribution in [3.8, 4) is 6.07 Å². The largest absolute Gasteiger partial charge is 0.381 e. The number of H-pyrrole nitrogens is 1. The van der Waals surface area contributed by atoms with Crippen LogP contribution in [0.2, 0.25) is 0 Å². The van der Waals surface area contributed by atoms with Gasteiger partial charge in [-0.3, -0.25) is 5.10 Å². The van der Waals surface area contributed by atoms with Crippen LogP contribution in [0, 0.1) is 11.3 Å². The molecule has 58 valence electrons. The normalized spacial score (nSPS) is 9.45. The first-order valence-electron chi connectivity index (χ1n) is 3.08. The molecule has 11 heavy (non-hydrogen) atoms. The SMILES string of the molecule is N#Cc1c(N)n[nH]c1CCCl. The molecule has 0 aliphatic carbocycles. The van der Waals surface area contributed by atoms with Gasteiger partial charge in [-0.15, -0.1) is 11.6 Å². The molecule has 0 amide bonds. The molecule has 3 N–H and O–H groups in total. The van der Waals surface area contributed by atoms with E-state index in [9.17, 15) is 0 Å². The number of nitrogens with one attached hydrogen (secondary N) is 1. The zero-order chi connectivity index (χ0) is 8.27. The molecule has 0 spiro atoms. The van der Waals surface area contributed by atoms with Crippen LogP contribution in [-0.2, 0) is 6.42 Å². The number of hydrogen-bond donors (Lipinski definition) is 2. The Morgan fingerprint density at radius 2 is 2.45 bits per heavy atom. The lowest BCUT2D eigenvalue weighted by molar-refractivity contribution is 0.978. The average molecular weight is 171 g/mol. The number of aryl methyl sites for hydroxylation is 1. The number of aromatic amines is 1. The Hall–Kier alpha value is -1.21. The fourth-order valence-corrected chi connectivity index (χ4v) is 0.983. The average Bonchev–Trinajstić information content (AvgIpc) is 2.33. The fraction of sp³-hybridized carbons (Fsp3) is 0.333. The Labute approximate surface area is 69.0 Å². The maximum Gasteiger partial charge on any atom is 0.163 e. The standard InChI is InChI=1S/C6H7ClN4/c7-2-1-5-4(3-8)6(9)11-10-5/h1-2H2,(H3,9,10,11). The van der Waals surface area contributed by atoms with Crippen LogP contribution in [0.25, 0.3) is 0 Å². The lowest BCUT2D eigenvalue weighted by atomic mass is 10.2. The lowest BCUT2D eigenvalue weighted by Gasteiger charge is -1.89. The van der Waals surface area contributed by atoms with E-state index in [1.54, 1.807) is 0 Å². The van der Waals surface area contributed by atoms with Crippen molar-refractivity contribution >= 4 is 17.4 Å². The van der Waals surface area contributed by atoms with Gasteiger partial charge in [0.1, 0.15) is 11.6 Å². The molecule has 0 aliphatic rings. The third-order valence-electron chi connectivity index (χ3n) is 1.33. The highest BCUT2D eigenvalue weighted by molar-refractivity contribution is 6.18. The van der Waals surface area contributed by atoms with Crippen LogP contribution in [-0.4, -0.2) is 16.1 Å². The number of aromatic nitrogens is 2. The van der Waals surface area contributed by atoms with Crippen LogP contribution < -0.4 is 5.73 Å². The van der Waals surface area contributed by atoms with Crippen molar-refractivity contribution in [2.45, 2.75) is 6.42 Å². The summed E-state index contributed by atoms with van der Waals surface area (Å²) < 4.78 is 0. The van der Waals surface area contributed by atoms with Gasteiger partial charge in [-0.1, -0.05) is 0 Å². The third-order valence-corrected chi connectivity index (χ3v) is 1.51. The molecule has 1 aromatic rings. The van der Waals surface area contributed by atoms with Gasteiger partial charge >= 0.3 is 0 Å². The Balaban J connectivity index is 2.98. The number of nitrogens with two attached hydrogens (primary N) is 1. The van der Waals surface area contributed by atoms with E-state index in [1.165, 1.54) is 0 Å². The topological polar surface area (TPSA) is 78.5 Å².